The van der Waals surface area contributed by atoms with Crippen LogP contribution >= 0.6 is 23.2 Å². The lowest BCUT2D eigenvalue weighted by Gasteiger charge is -2.27. The lowest BCUT2D eigenvalue weighted by atomic mass is 9.84. The molecule has 0 nitrogen and oxygen atoms in total. The van der Waals surface area contributed by atoms with Gasteiger partial charge in [0.25, 0.3) is 0 Å². The fraction of sp³-hybridized carbons (Fsp3) is 0.538. The highest BCUT2D eigenvalue weighted by Crippen LogP contribution is 2.32. The quantitative estimate of drug-likeness (QED) is 0.669. The minimum Gasteiger partial charge on any atom is -0.207 e. The van der Waals surface area contributed by atoms with E-state index in [1.54, 1.807) is 6.07 Å². The topological polar surface area (TPSA) is 0 Å². The van der Waals surface area contributed by atoms with E-state index in [4.69, 9.17) is 23.2 Å². The Labute approximate surface area is 106 Å². The van der Waals surface area contributed by atoms with E-state index in [0.717, 1.165) is 24.8 Å². The van der Waals surface area contributed by atoms with E-state index in [9.17, 15) is 4.39 Å². The molecule has 2 atom stereocenters. The number of hydrogen-bond donors (Lipinski definition) is 0. The zero-order chi connectivity index (χ0) is 11.5. The summed E-state index contributed by atoms with van der Waals surface area (Å²) in [5, 5.41) is 0.768. The van der Waals surface area contributed by atoms with Crippen LogP contribution in [0.5, 0.6) is 0 Å². The van der Waals surface area contributed by atoms with Gasteiger partial charge in [-0.1, -0.05) is 30.5 Å². The maximum absolute atomic E-state index is 12.9. The molecule has 0 aromatic heterocycles. The van der Waals surface area contributed by atoms with Crippen LogP contribution in [0, 0.1) is 11.7 Å². The van der Waals surface area contributed by atoms with Gasteiger partial charge in [-0.25, -0.2) is 4.39 Å². The molecule has 1 saturated carbocycles. The second-order valence-electron chi connectivity index (χ2n) is 4.50. The molecule has 2 unspecified atom stereocenters. The van der Waals surface area contributed by atoms with Gasteiger partial charge in [0.1, 0.15) is 5.82 Å². The molecule has 0 saturated heterocycles. The van der Waals surface area contributed by atoms with Crippen LogP contribution in [-0.2, 0) is 6.42 Å². The van der Waals surface area contributed by atoms with E-state index in [-0.39, 0.29) is 11.2 Å². The predicted molar refractivity (Wildman–Crippen MR) is 66.7 cm³/mol. The summed E-state index contributed by atoms with van der Waals surface area (Å²) in [4.78, 5) is 0. The van der Waals surface area contributed by atoms with E-state index in [0.29, 0.717) is 10.9 Å². The van der Waals surface area contributed by atoms with Crippen LogP contribution in [0.4, 0.5) is 4.39 Å². The third kappa shape index (κ3) is 2.89. The number of benzene rings is 1. The maximum Gasteiger partial charge on any atom is 0.124 e. The molecule has 0 radical (unpaired) electrons. The Morgan fingerprint density at radius 3 is 2.69 bits per heavy atom. The maximum atomic E-state index is 12.9. The van der Waals surface area contributed by atoms with Crippen LogP contribution in [0.3, 0.4) is 0 Å². The third-order valence-electron chi connectivity index (χ3n) is 3.31. The van der Waals surface area contributed by atoms with Crippen LogP contribution in [0.15, 0.2) is 18.2 Å². The Balaban J connectivity index is 2.07. The van der Waals surface area contributed by atoms with Crippen molar-refractivity contribution < 1.29 is 4.39 Å². The summed E-state index contributed by atoms with van der Waals surface area (Å²) in [6, 6.07) is 4.62. The van der Waals surface area contributed by atoms with Gasteiger partial charge >= 0.3 is 0 Å². The van der Waals surface area contributed by atoms with Crippen LogP contribution in [0.1, 0.15) is 31.2 Å². The van der Waals surface area contributed by atoms with Crippen molar-refractivity contribution >= 4 is 23.2 Å². The van der Waals surface area contributed by atoms with Gasteiger partial charge in [0.2, 0.25) is 0 Å². The Hall–Kier alpha value is -0.270. The lowest BCUT2D eigenvalue weighted by molar-refractivity contribution is 0.363. The Morgan fingerprint density at radius 2 is 2.00 bits per heavy atom. The monoisotopic (exact) mass is 260 g/mol. The Kier molecular flexibility index (Phi) is 4.10. The van der Waals surface area contributed by atoms with Crippen molar-refractivity contribution in [3.63, 3.8) is 0 Å². The van der Waals surface area contributed by atoms with Crippen molar-refractivity contribution in [2.75, 3.05) is 0 Å². The van der Waals surface area contributed by atoms with E-state index in [2.05, 4.69) is 0 Å². The summed E-state index contributed by atoms with van der Waals surface area (Å²) in [5.74, 6) is 0.207. The highest BCUT2D eigenvalue weighted by atomic mass is 35.5. The number of alkyl halides is 1. The SMILES string of the molecule is Fc1ccc(CC2CCCCC2Cl)c(Cl)c1. The minimum atomic E-state index is -0.278. The molecule has 16 heavy (non-hydrogen) atoms. The fourth-order valence-electron chi connectivity index (χ4n) is 2.36. The van der Waals surface area contributed by atoms with Crippen LogP contribution in [0.25, 0.3) is 0 Å². The van der Waals surface area contributed by atoms with Gasteiger partial charge in [0.15, 0.2) is 0 Å². The first-order valence-electron chi connectivity index (χ1n) is 5.75. The summed E-state index contributed by atoms with van der Waals surface area (Å²) in [6.07, 6.45) is 5.58. The molecule has 0 N–H and O–H groups in total. The van der Waals surface area contributed by atoms with E-state index in [1.807, 2.05) is 0 Å². The molecular formula is C13H15Cl2F. The molecule has 3 heteroatoms. The highest BCUT2D eigenvalue weighted by molar-refractivity contribution is 6.31. The van der Waals surface area contributed by atoms with Gasteiger partial charge in [-0.2, -0.15) is 0 Å². The van der Waals surface area contributed by atoms with Crippen LogP contribution in [0.2, 0.25) is 5.02 Å². The molecule has 1 aromatic rings. The van der Waals surface area contributed by atoms with Crippen molar-refractivity contribution in [3.05, 3.63) is 34.6 Å². The lowest BCUT2D eigenvalue weighted by Crippen LogP contribution is -2.21. The summed E-state index contributed by atoms with van der Waals surface area (Å²) < 4.78 is 12.9. The predicted octanol–water partition coefficient (Wildman–Crippen LogP) is 4.82. The van der Waals surface area contributed by atoms with Crippen molar-refractivity contribution in [2.45, 2.75) is 37.5 Å². The average Bonchev–Trinajstić information content (AvgIpc) is 2.25. The van der Waals surface area contributed by atoms with Gasteiger partial charge in [-0.3, -0.25) is 0 Å². The first kappa shape index (κ1) is 12.2. The van der Waals surface area contributed by atoms with Gasteiger partial charge < -0.3 is 0 Å². The first-order valence-corrected chi connectivity index (χ1v) is 6.56. The molecule has 2 rings (SSSR count). The summed E-state index contributed by atoms with van der Waals surface area (Å²) >= 11 is 12.3. The molecule has 88 valence electrons. The second-order valence-corrected chi connectivity index (χ2v) is 5.47. The van der Waals surface area contributed by atoms with Crippen LogP contribution in [-0.4, -0.2) is 5.38 Å². The zero-order valence-electron chi connectivity index (χ0n) is 9.06. The summed E-state index contributed by atoms with van der Waals surface area (Å²) in [5.41, 5.74) is 1.01. The fourth-order valence-corrected chi connectivity index (χ4v) is 2.98. The Bertz CT molecular complexity index is 365. The van der Waals surface area contributed by atoms with Gasteiger partial charge in [0.05, 0.1) is 0 Å². The zero-order valence-corrected chi connectivity index (χ0v) is 10.6. The minimum absolute atomic E-state index is 0.245. The summed E-state index contributed by atoms with van der Waals surface area (Å²) in [6.45, 7) is 0. The van der Waals surface area contributed by atoms with E-state index < -0.39 is 0 Å². The summed E-state index contributed by atoms with van der Waals surface area (Å²) in [7, 11) is 0. The Morgan fingerprint density at radius 1 is 1.25 bits per heavy atom. The van der Waals surface area contributed by atoms with Gasteiger partial charge in [-0.05, 0) is 42.9 Å². The number of halogens is 3. The molecule has 0 aliphatic heterocycles. The number of rotatable bonds is 2. The standard InChI is InChI=1S/C13H15Cl2F/c14-12-4-2-1-3-9(12)7-10-5-6-11(16)8-13(10)15/h5-6,8-9,12H,1-4,7H2. The molecule has 0 amide bonds. The molecule has 1 fully saturated rings. The van der Waals surface area contributed by atoms with E-state index in [1.165, 1.54) is 25.0 Å². The normalized spacial score (nSPS) is 25.7. The molecule has 1 aliphatic carbocycles. The molecule has 0 spiro atoms. The molecule has 0 heterocycles. The van der Waals surface area contributed by atoms with Crippen molar-refractivity contribution in [1.82, 2.24) is 0 Å². The first-order chi connectivity index (χ1) is 7.66. The van der Waals surface area contributed by atoms with Crippen molar-refractivity contribution in [1.29, 1.82) is 0 Å². The largest absolute Gasteiger partial charge is 0.207 e. The highest BCUT2D eigenvalue weighted by Gasteiger charge is 2.23. The molecule has 0 bridgehead atoms. The molecule has 1 aromatic carbocycles. The smallest absolute Gasteiger partial charge is 0.124 e. The molecular weight excluding hydrogens is 246 g/mol. The van der Waals surface area contributed by atoms with E-state index >= 15 is 0 Å². The van der Waals surface area contributed by atoms with Gasteiger partial charge in [0, 0.05) is 10.4 Å². The molecule has 1 aliphatic rings. The van der Waals surface area contributed by atoms with Crippen LogP contribution < -0.4 is 0 Å². The average molecular weight is 261 g/mol. The van der Waals surface area contributed by atoms with Crippen molar-refractivity contribution in [2.24, 2.45) is 5.92 Å². The second kappa shape index (κ2) is 5.37. The van der Waals surface area contributed by atoms with Gasteiger partial charge in [-0.15, -0.1) is 11.6 Å². The number of hydrogen-bond acceptors (Lipinski definition) is 0. The van der Waals surface area contributed by atoms with Crippen molar-refractivity contribution in [3.8, 4) is 0 Å². The third-order valence-corrected chi connectivity index (χ3v) is 4.24.